The van der Waals surface area contributed by atoms with Crippen molar-refractivity contribution in [2.45, 2.75) is 17.8 Å². The molecular formula is C21H17FN4S. The van der Waals surface area contributed by atoms with E-state index >= 15 is 0 Å². The third-order valence-corrected chi connectivity index (χ3v) is 5.24. The zero-order valence-electron chi connectivity index (χ0n) is 14.7. The number of halogens is 1. The number of aromatic nitrogens is 4. The molecule has 2 heterocycles. The number of hydrogen-bond donors (Lipinski definition) is 0. The van der Waals surface area contributed by atoms with E-state index in [1.54, 1.807) is 35.2 Å². The maximum absolute atomic E-state index is 14.6. The van der Waals surface area contributed by atoms with Crippen LogP contribution >= 0.6 is 11.8 Å². The van der Waals surface area contributed by atoms with Gasteiger partial charge in [-0.2, -0.15) is 0 Å². The topological polar surface area (TPSA) is 43.6 Å². The van der Waals surface area contributed by atoms with E-state index in [1.807, 2.05) is 24.3 Å². The molecule has 0 amide bonds. The summed E-state index contributed by atoms with van der Waals surface area (Å²) < 4.78 is 16.3. The predicted molar refractivity (Wildman–Crippen MR) is 105 cm³/mol. The third kappa shape index (κ3) is 3.61. The van der Waals surface area contributed by atoms with Crippen LogP contribution in [0.3, 0.4) is 0 Å². The summed E-state index contributed by atoms with van der Waals surface area (Å²) in [6.45, 7) is 2.08. The quantitative estimate of drug-likeness (QED) is 0.456. The van der Waals surface area contributed by atoms with E-state index in [4.69, 9.17) is 0 Å². The van der Waals surface area contributed by atoms with Crippen LogP contribution in [0.15, 0.2) is 78.2 Å². The molecule has 2 aromatic heterocycles. The summed E-state index contributed by atoms with van der Waals surface area (Å²) in [6, 6.07) is 18.6. The van der Waals surface area contributed by atoms with Crippen molar-refractivity contribution < 1.29 is 4.39 Å². The normalized spacial score (nSPS) is 10.9. The second-order valence-corrected chi connectivity index (χ2v) is 6.99. The molecule has 134 valence electrons. The van der Waals surface area contributed by atoms with Crippen LogP contribution in [-0.4, -0.2) is 19.7 Å². The molecule has 0 aliphatic rings. The Kier molecular flexibility index (Phi) is 4.98. The molecule has 0 radical (unpaired) electrons. The molecule has 27 heavy (non-hydrogen) atoms. The number of benzene rings is 2. The van der Waals surface area contributed by atoms with Gasteiger partial charge in [0.05, 0.1) is 5.69 Å². The summed E-state index contributed by atoms with van der Waals surface area (Å²) in [5.41, 5.74) is 3.65. The molecule has 4 aromatic rings. The van der Waals surface area contributed by atoms with Crippen LogP contribution in [-0.2, 0) is 5.75 Å². The first-order valence-electron chi connectivity index (χ1n) is 8.52. The van der Waals surface area contributed by atoms with E-state index in [-0.39, 0.29) is 5.82 Å². The summed E-state index contributed by atoms with van der Waals surface area (Å²) >= 11 is 1.54. The Morgan fingerprint density at radius 1 is 0.963 bits per heavy atom. The maximum Gasteiger partial charge on any atom is 0.196 e. The van der Waals surface area contributed by atoms with Gasteiger partial charge in [0.15, 0.2) is 11.0 Å². The molecule has 0 saturated carbocycles. The molecule has 0 N–H and O–H groups in total. The Morgan fingerprint density at radius 3 is 2.56 bits per heavy atom. The van der Waals surface area contributed by atoms with E-state index in [0.717, 1.165) is 11.3 Å². The van der Waals surface area contributed by atoms with Crippen molar-refractivity contribution in [1.29, 1.82) is 0 Å². The fourth-order valence-electron chi connectivity index (χ4n) is 2.81. The van der Waals surface area contributed by atoms with Crippen molar-refractivity contribution in [1.82, 2.24) is 19.7 Å². The second kappa shape index (κ2) is 7.72. The number of para-hydroxylation sites is 1. The van der Waals surface area contributed by atoms with E-state index < -0.39 is 0 Å². The molecule has 0 aliphatic carbocycles. The standard InChI is InChI=1S/C21H17FN4S/c1-15-7-2-3-8-17(15)14-27-21-25-24-20(16-9-6-12-23-13-16)26(21)19-11-5-4-10-18(19)22/h2-13H,14H2,1H3. The van der Waals surface area contributed by atoms with Gasteiger partial charge in [-0.25, -0.2) is 4.39 Å². The van der Waals surface area contributed by atoms with E-state index in [0.29, 0.717) is 16.7 Å². The van der Waals surface area contributed by atoms with Crippen molar-refractivity contribution in [3.05, 3.63) is 90.0 Å². The minimum Gasteiger partial charge on any atom is -0.267 e. The zero-order valence-corrected chi connectivity index (χ0v) is 15.5. The van der Waals surface area contributed by atoms with Gasteiger partial charge in [-0.1, -0.05) is 48.2 Å². The van der Waals surface area contributed by atoms with Crippen LogP contribution in [0.2, 0.25) is 0 Å². The number of rotatable bonds is 5. The highest BCUT2D eigenvalue weighted by molar-refractivity contribution is 7.98. The maximum atomic E-state index is 14.6. The largest absolute Gasteiger partial charge is 0.267 e. The lowest BCUT2D eigenvalue weighted by Crippen LogP contribution is -2.02. The zero-order chi connectivity index (χ0) is 18.6. The second-order valence-electron chi connectivity index (χ2n) is 6.05. The monoisotopic (exact) mass is 376 g/mol. The average molecular weight is 376 g/mol. The van der Waals surface area contributed by atoms with Crippen LogP contribution < -0.4 is 0 Å². The molecule has 0 saturated heterocycles. The predicted octanol–water partition coefficient (Wildman–Crippen LogP) is 5.07. The molecule has 0 unspecified atom stereocenters. The summed E-state index contributed by atoms with van der Waals surface area (Å²) in [7, 11) is 0. The smallest absolute Gasteiger partial charge is 0.196 e. The number of aryl methyl sites for hydroxylation is 1. The number of thioether (sulfide) groups is 1. The Labute approximate surface area is 161 Å². The molecule has 0 aliphatic heterocycles. The molecule has 0 spiro atoms. The molecule has 0 bridgehead atoms. The van der Waals surface area contributed by atoms with Crippen molar-refractivity contribution in [3.63, 3.8) is 0 Å². The molecule has 4 rings (SSSR count). The van der Waals surface area contributed by atoms with E-state index in [9.17, 15) is 4.39 Å². The third-order valence-electron chi connectivity index (χ3n) is 4.26. The number of hydrogen-bond acceptors (Lipinski definition) is 4. The van der Waals surface area contributed by atoms with Crippen LogP contribution in [0.25, 0.3) is 17.1 Å². The number of pyridine rings is 1. The summed E-state index contributed by atoms with van der Waals surface area (Å²) in [5.74, 6) is 0.979. The summed E-state index contributed by atoms with van der Waals surface area (Å²) in [5, 5.41) is 9.30. The Morgan fingerprint density at radius 2 is 1.78 bits per heavy atom. The first-order chi connectivity index (χ1) is 13.2. The van der Waals surface area contributed by atoms with Crippen molar-refractivity contribution >= 4 is 11.8 Å². The lowest BCUT2D eigenvalue weighted by Gasteiger charge is -2.11. The lowest BCUT2D eigenvalue weighted by molar-refractivity contribution is 0.613. The van der Waals surface area contributed by atoms with Crippen LogP contribution in [0.1, 0.15) is 11.1 Å². The van der Waals surface area contributed by atoms with Crippen LogP contribution in [0, 0.1) is 12.7 Å². The molecule has 6 heteroatoms. The lowest BCUT2D eigenvalue weighted by atomic mass is 10.1. The summed E-state index contributed by atoms with van der Waals surface area (Å²) in [4.78, 5) is 4.15. The molecule has 2 aromatic carbocycles. The fraction of sp³-hybridized carbons (Fsp3) is 0.0952. The first-order valence-corrected chi connectivity index (χ1v) is 9.50. The summed E-state index contributed by atoms with van der Waals surface area (Å²) in [6.07, 6.45) is 3.40. The van der Waals surface area contributed by atoms with Crippen molar-refractivity contribution in [2.24, 2.45) is 0 Å². The molecule has 4 nitrogen and oxygen atoms in total. The van der Waals surface area contributed by atoms with Crippen molar-refractivity contribution in [2.75, 3.05) is 0 Å². The Balaban J connectivity index is 1.77. The first kappa shape index (κ1) is 17.4. The van der Waals surface area contributed by atoms with Gasteiger partial charge in [-0.3, -0.25) is 9.55 Å². The van der Waals surface area contributed by atoms with Crippen LogP contribution in [0.5, 0.6) is 0 Å². The van der Waals surface area contributed by atoms with Gasteiger partial charge in [0.2, 0.25) is 0 Å². The Hall–Kier alpha value is -2.99. The Bertz CT molecular complexity index is 1060. The van der Waals surface area contributed by atoms with Gasteiger partial charge >= 0.3 is 0 Å². The highest BCUT2D eigenvalue weighted by atomic mass is 32.2. The van der Waals surface area contributed by atoms with Gasteiger partial charge in [0.25, 0.3) is 0 Å². The van der Waals surface area contributed by atoms with Gasteiger partial charge in [0.1, 0.15) is 5.82 Å². The van der Waals surface area contributed by atoms with E-state index in [2.05, 4.69) is 34.2 Å². The van der Waals surface area contributed by atoms with Crippen molar-refractivity contribution in [3.8, 4) is 17.1 Å². The highest BCUT2D eigenvalue weighted by Gasteiger charge is 2.18. The molecule has 0 fully saturated rings. The van der Waals surface area contributed by atoms with Gasteiger partial charge in [-0.05, 0) is 42.3 Å². The minimum absolute atomic E-state index is 0.319. The highest BCUT2D eigenvalue weighted by Crippen LogP contribution is 2.30. The van der Waals surface area contributed by atoms with Gasteiger partial charge < -0.3 is 0 Å². The van der Waals surface area contributed by atoms with E-state index in [1.165, 1.54) is 29.0 Å². The fourth-order valence-corrected chi connectivity index (χ4v) is 3.83. The molecular weight excluding hydrogens is 359 g/mol. The minimum atomic E-state index is -0.319. The number of nitrogens with zero attached hydrogens (tertiary/aromatic N) is 4. The molecule has 0 atom stereocenters. The van der Waals surface area contributed by atoms with Gasteiger partial charge in [0, 0.05) is 23.7 Å². The average Bonchev–Trinajstić information content (AvgIpc) is 3.12. The van der Waals surface area contributed by atoms with Crippen LogP contribution in [0.4, 0.5) is 4.39 Å². The SMILES string of the molecule is Cc1ccccc1CSc1nnc(-c2cccnc2)n1-c1ccccc1F. The van der Waals surface area contributed by atoms with Gasteiger partial charge in [-0.15, -0.1) is 10.2 Å².